The Labute approximate surface area is 124 Å². The van der Waals surface area contributed by atoms with Crippen molar-refractivity contribution < 1.29 is 14.3 Å². The number of likely N-dealkylation sites (N-methyl/N-ethyl adjacent to an activating group) is 1. The number of carbonyl (C=O) groups is 1. The number of hydrogen-bond acceptors (Lipinski definition) is 4. The van der Waals surface area contributed by atoms with Crippen LogP contribution in [-0.4, -0.2) is 65.6 Å². The second-order valence-electron chi connectivity index (χ2n) is 5.81. The molecule has 1 aromatic rings. The second kappa shape index (κ2) is 6.95. The number of amides is 1. The van der Waals surface area contributed by atoms with Gasteiger partial charge in [-0.2, -0.15) is 0 Å². The third kappa shape index (κ3) is 3.77. The zero-order chi connectivity index (χ0) is 15.4. The minimum absolute atomic E-state index is 0.0427. The molecular formula is C15H22FN3O2. The molecule has 2 heterocycles. The van der Waals surface area contributed by atoms with E-state index in [4.69, 9.17) is 0 Å². The van der Waals surface area contributed by atoms with Crippen LogP contribution in [0, 0.1) is 11.7 Å². The number of halogens is 1. The van der Waals surface area contributed by atoms with Gasteiger partial charge in [0.2, 0.25) is 0 Å². The predicted molar refractivity (Wildman–Crippen MR) is 77.4 cm³/mol. The van der Waals surface area contributed by atoms with Gasteiger partial charge in [0, 0.05) is 31.9 Å². The predicted octanol–water partition coefficient (Wildman–Crippen LogP) is 0.995. The van der Waals surface area contributed by atoms with E-state index in [-0.39, 0.29) is 30.0 Å². The Balaban J connectivity index is 2.22. The number of carbonyl (C=O) groups excluding carboxylic acids is 1. The van der Waals surface area contributed by atoms with Gasteiger partial charge in [0.25, 0.3) is 5.91 Å². The van der Waals surface area contributed by atoms with Gasteiger partial charge in [-0.05, 0) is 38.9 Å². The summed E-state index contributed by atoms with van der Waals surface area (Å²) in [5.74, 6) is -0.889. The summed E-state index contributed by atoms with van der Waals surface area (Å²) in [5, 5.41) is 9.43. The van der Waals surface area contributed by atoms with Gasteiger partial charge in [0.15, 0.2) is 5.82 Å². The van der Waals surface area contributed by atoms with E-state index in [1.54, 1.807) is 4.90 Å². The van der Waals surface area contributed by atoms with Crippen molar-refractivity contribution in [2.45, 2.75) is 18.9 Å². The molecule has 0 aromatic carbocycles. The average molecular weight is 295 g/mol. The maximum Gasteiger partial charge on any atom is 0.257 e. The van der Waals surface area contributed by atoms with Crippen molar-refractivity contribution in [1.29, 1.82) is 0 Å². The number of aromatic nitrogens is 1. The molecule has 5 nitrogen and oxygen atoms in total. The third-order valence-corrected chi connectivity index (χ3v) is 4.10. The molecule has 2 rings (SSSR count). The Kier molecular flexibility index (Phi) is 5.25. The maximum atomic E-state index is 13.8. The summed E-state index contributed by atoms with van der Waals surface area (Å²) in [4.78, 5) is 20.0. The molecule has 6 heteroatoms. The summed E-state index contributed by atoms with van der Waals surface area (Å²) in [6.45, 7) is 1.05. The van der Waals surface area contributed by atoms with E-state index in [1.807, 2.05) is 14.1 Å². The van der Waals surface area contributed by atoms with Crippen molar-refractivity contribution in [3.05, 3.63) is 29.8 Å². The maximum absolute atomic E-state index is 13.8. The lowest BCUT2D eigenvalue weighted by atomic mass is 10.0. The molecule has 1 N–H and O–H groups in total. The molecule has 21 heavy (non-hydrogen) atoms. The van der Waals surface area contributed by atoms with Crippen LogP contribution < -0.4 is 0 Å². The number of likely N-dealkylation sites (tertiary alicyclic amines) is 1. The van der Waals surface area contributed by atoms with E-state index in [0.29, 0.717) is 13.1 Å². The van der Waals surface area contributed by atoms with E-state index in [1.165, 1.54) is 12.3 Å². The summed E-state index contributed by atoms with van der Waals surface area (Å²) in [6, 6.07) is 1.62. The molecule has 0 radical (unpaired) electrons. The standard InChI is InChI=1S/C15H22FN3O2/c1-18(2)12-4-3-11(10-20)8-19(9-12)15(21)13-5-6-17-7-14(13)16/h5-7,11-12,20H,3-4,8-10H2,1-2H3/t11-,12+/m0/s1. The minimum atomic E-state index is -0.603. The second-order valence-corrected chi connectivity index (χ2v) is 5.81. The third-order valence-electron chi connectivity index (χ3n) is 4.10. The van der Waals surface area contributed by atoms with Gasteiger partial charge >= 0.3 is 0 Å². The van der Waals surface area contributed by atoms with Gasteiger partial charge in [-0.15, -0.1) is 0 Å². The Morgan fingerprint density at radius 1 is 1.48 bits per heavy atom. The fraction of sp³-hybridized carbons (Fsp3) is 0.600. The van der Waals surface area contributed by atoms with Crippen LogP contribution in [0.1, 0.15) is 23.2 Å². The van der Waals surface area contributed by atoms with Crippen LogP contribution in [0.25, 0.3) is 0 Å². The first-order chi connectivity index (χ1) is 10.0. The lowest BCUT2D eigenvalue weighted by Crippen LogP contribution is -2.43. The SMILES string of the molecule is CN(C)[C@@H]1CC[C@H](CO)CN(C(=O)c2ccncc2F)C1. The van der Waals surface area contributed by atoms with E-state index in [2.05, 4.69) is 9.88 Å². The zero-order valence-electron chi connectivity index (χ0n) is 12.5. The summed E-state index contributed by atoms with van der Waals surface area (Å²) >= 11 is 0. The summed E-state index contributed by atoms with van der Waals surface area (Å²) in [6.07, 6.45) is 4.25. The number of aliphatic hydroxyl groups excluding tert-OH is 1. The molecular weight excluding hydrogens is 273 g/mol. The molecule has 1 aromatic heterocycles. The van der Waals surface area contributed by atoms with Crippen LogP contribution in [0.4, 0.5) is 4.39 Å². The van der Waals surface area contributed by atoms with Crippen LogP contribution in [-0.2, 0) is 0 Å². The molecule has 1 aliphatic heterocycles. The van der Waals surface area contributed by atoms with Gasteiger partial charge in [-0.1, -0.05) is 0 Å². The highest BCUT2D eigenvalue weighted by Gasteiger charge is 2.29. The van der Waals surface area contributed by atoms with Crippen molar-refractivity contribution >= 4 is 5.91 Å². The fourth-order valence-corrected chi connectivity index (χ4v) is 2.71. The Bertz CT molecular complexity index is 496. The summed E-state index contributed by atoms with van der Waals surface area (Å²) in [7, 11) is 3.94. The Hall–Kier alpha value is -1.53. The van der Waals surface area contributed by atoms with E-state index < -0.39 is 5.82 Å². The zero-order valence-corrected chi connectivity index (χ0v) is 12.5. The molecule has 0 bridgehead atoms. The van der Waals surface area contributed by atoms with Gasteiger partial charge in [0.05, 0.1) is 11.8 Å². The van der Waals surface area contributed by atoms with Crippen molar-refractivity contribution in [2.24, 2.45) is 5.92 Å². The largest absolute Gasteiger partial charge is 0.396 e. The topological polar surface area (TPSA) is 56.7 Å². The van der Waals surface area contributed by atoms with Crippen LogP contribution in [0.2, 0.25) is 0 Å². The highest BCUT2D eigenvalue weighted by molar-refractivity contribution is 5.94. The van der Waals surface area contributed by atoms with Crippen LogP contribution in [0.3, 0.4) is 0 Å². The van der Waals surface area contributed by atoms with Gasteiger partial charge in [0.1, 0.15) is 0 Å². The minimum Gasteiger partial charge on any atom is -0.396 e. The molecule has 1 saturated heterocycles. The molecule has 0 spiro atoms. The summed E-state index contributed by atoms with van der Waals surface area (Å²) < 4.78 is 13.8. The first-order valence-electron chi connectivity index (χ1n) is 7.19. The van der Waals surface area contributed by atoms with Gasteiger partial charge in [-0.3, -0.25) is 9.78 Å². The van der Waals surface area contributed by atoms with Crippen molar-refractivity contribution in [1.82, 2.24) is 14.8 Å². The van der Waals surface area contributed by atoms with E-state index in [0.717, 1.165) is 19.0 Å². The van der Waals surface area contributed by atoms with E-state index in [9.17, 15) is 14.3 Å². The molecule has 0 aliphatic carbocycles. The number of rotatable bonds is 3. The molecule has 1 amide bonds. The molecule has 1 aliphatic rings. The highest BCUT2D eigenvalue weighted by atomic mass is 19.1. The number of nitrogens with zero attached hydrogens (tertiary/aromatic N) is 3. The smallest absolute Gasteiger partial charge is 0.257 e. The molecule has 0 saturated carbocycles. The lowest BCUT2D eigenvalue weighted by Gasteiger charge is -2.29. The van der Waals surface area contributed by atoms with Crippen molar-refractivity contribution in [3.8, 4) is 0 Å². The number of pyridine rings is 1. The molecule has 0 unspecified atom stereocenters. The first-order valence-corrected chi connectivity index (χ1v) is 7.19. The molecule has 2 atom stereocenters. The van der Waals surface area contributed by atoms with Crippen LogP contribution in [0.5, 0.6) is 0 Å². The fourth-order valence-electron chi connectivity index (χ4n) is 2.71. The van der Waals surface area contributed by atoms with Gasteiger partial charge in [-0.25, -0.2) is 4.39 Å². The van der Waals surface area contributed by atoms with E-state index >= 15 is 0 Å². The number of aliphatic hydroxyl groups is 1. The van der Waals surface area contributed by atoms with Crippen molar-refractivity contribution in [3.63, 3.8) is 0 Å². The quantitative estimate of drug-likeness (QED) is 0.904. The monoisotopic (exact) mass is 295 g/mol. The van der Waals surface area contributed by atoms with Gasteiger partial charge < -0.3 is 14.9 Å². The first kappa shape index (κ1) is 15.9. The summed E-state index contributed by atoms with van der Waals surface area (Å²) in [5.41, 5.74) is 0.0427. The van der Waals surface area contributed by atoms with Crippen molar-refractivity contribution in [2.75, 3.05) is 33.8 Å². The Morgan fingerprint density at radius 3 is 2.86 bits per heavy atom. The molecule has 1 fully saturated rings. The number of hydrogen-bond donors (Lipinski definition) is 1. The molecule has 116 valence electrons. The van der Waals surface area contributed by atoms with Crippen LogP contribution in [0.15, 0.2) is 18.5 Å². The Morgan fingerprint density at radius 2 is 2.24 bits per heavy atom. The van der Waals surface area contributed by atoms with Crippen LogP contribution >= 0.6 is 0 Å². The highest BCUT2D eigenvalue weighted by Crippen LogP contribution is 2.21. The lowest BCUT2D eigenvalue weighted by molar-refractivity contribution is 0.0684. The average Bonchev–Trinajstić information content (AvgIpc) is 2.69. The normalized spacial score (nSPS) is 23.2.